The van der Waals surface area contributed by atoms with Gasteiger partial charge >= 0.3 is 17.9 Å². The number of unbranched alkanes of at least 4 members (excludes halogenated alkanes) is 25. The Labute approximate surface area is 469 Å². The summed E-state index contributed by atoms with van der Waals surface area (Å²) in [7, 11) is 0. The maximum Gasteiger partial charge on any atom is 0.306 e. The van der Waals surface area contributed by atoms with Crippen LogP contribution in [0.5, 0.6) is 0 Å². The van der Waals surface area contributed by atoms with Gasteiger partial charge in [0.15, 0.2) is 6.10 Å². The predicted molar refractivity (Wildman–Crippen MR) is 330 cm³/mol. The van der Waals surface area contributed by atoms with Crippen LogP contribution in [0.25, 0.3) is 0 Å². The summed E-state index contributed by atoms with van der Waals surface area (Å²) in [5.74, 6) is -0.966. The lowest BCUT2D eigenvalue weighted by molar-refractivity contribution is -0.167. The number of rotatable bonds is 56. The minimum atomic E-state index is -0.810. The van der Waals surface area contributed by atoms with Crippen molar-refractivity contribution in [3.8, 4) is 0 Å². The number of carbonyl (C=O) groups is 3. The van der Waals surface area contributed by atoms with Crippen molar-refractivity contribution in [3.63, 3.8) is 0 Å². The molecule has 0 aromatic rings. The fourth-order valence-corrected chi connectivity index (χ4v) is 8.52. The van der Waals surface area contributed by atoms with Crippen LogP contribution in [0, 0.1) is 0 Å². The summed E-state index contributed by atoms with van der Waals surface area (Å²) in [6.45, 7) is 6.37. The molecule has 0 aliphatic heterocycles. The van der Waals surface area contributed by atoms with Crippen LogP contribution >= 0.6 is 0 Å². The summed E-state index contributed by atoms with van der Waals surface area (Å²) >= 11 is 0. The Kier molecular flexibility index (Phi) is 59.9. The average Bonchev–Trinajstić information content (AvgIpc) is 3.42. The van der Waals surface area contributed by atoms with Crippen LogP contribution in [0.15, 0.2) is 122 Å². The van der Waals surface area contributed by atoms with Gasteiger partial charge in [-0.25, -0.2) is 0 Å². The molecule has 0 N–H and O–H groups in total. The Balaban J connectivity index is 4.45. The Morgan fingerprint density at radius 2 is 0.526 bits per heavy atom. The molecule has 1 unspecified atom stereocenters. The first-order valence-electron chi connectivity index (χ1n) is 31.5. The molecular weight excluding hydrogens is 937 g/mol. The molecule has 0 spiro atoms. The van der Waals surface area contributed by atoms with Crippen LogP contribution in [-0.4, -0.2) is 37.2 Å². The molecule has 0 heterocycles. The summed E-state index contributed by atoms with van der Waals surface area (Å²) in [5.41, 5.74) is 0. The van der Waals surface area contributed by atoms with E-state index in [1.807, 2.05) is 0 Å². The van der Waals surface area contributed by atoms with Crippen molar-refractivity contribution in [1.82, 2.24) is 0 Å². The molecule has 0 bridgehead atoms. The predicted octanol–water partition coefficient (Wildman–Crippen LogP) is 21.6. The van der Waals surface area contributed by atoms with E-state index in [0.29, 0.717) is 19.3 Å². The van der Waals surface area contributed by atoms with E-state index in [4.69, 9.17) is 14.2 Å². The lowest BCUT2D eigenvalue weighted by Crippen LogP contribution is -2.30. The molecule has 0 radical (unpaired) electrons. The molecule has 6 heteroatoms. The van der Waals surface area contributed by atoms with Gasteiger partial charge in [0.25, 0.3) is 0 Å². The summed E-state index contributed by atoms with van der Waals surface area (Å²) in [5, 5.41) is 0. The van der Waals surface area contributed by atoms with Crippen LogP contribution in [0.3, 0.4) is 0 Å². The molecule has 0 amide bonds. The van der Waals surface area contributed by atoms with E-state index in [1.54, 1.807) is 0 Å². The molecule has 0 fully saturated rings. The van der Waals surface area contributed by atoms with Crippen molar-refractivity contribution in [3.05, 3.63) is 122 Å². The lowest BCUT2D eigenvalue weighted by Gasteiger charge is -2.18. The second-order valence-corrected chi connectivity index (χ2v) is 20.5. The van der Waals surface area contributed by atoms with Gasteiger partial charge in [0.05, 0.1) is 0 Å². The molecule has 0 aromatic carbocycles. The third-order valence-corrected chi connectivity index (χ3v) is 13.2. The zero-order valence-electron chi connectivity index (χ0n) is 49.5. The van der Waals surface area contributed by atoms with Gasteiger partial charge in [-0.05, 0) is 122 Å². The monoisotopic (exact) mass is 1050 g/mol. The van der Waals surface area contributed by atoms with Crippen molar-refractivity contribution in [2.45, 2.75) is 290 Å². The Hall–Kier alpha value is -4.19. The van der Waals surface area contributed by atoms with Crippen LogP contribution in [0.1, 0.15) is 284 Å². The van der Waals surface area contributed by atoms with Crippen molar-refractivity contribution in [1.29, 1.82) is 0 Å². The van der Waals surface area contributed by atoms with E-state index in [-0.39, 0.29) is 37.5 Å². The van der Waals surface area contributed by atoms with E-state index in [0.717, 1.165) is 103 Å². The van der Waals surface area contributed by atoms with Crippen LogP contribution < -0.4 is 0 Å². The van der Waals surface area contributed by atoms with Gasteiger partial charge < -0.3 is 14.2 Å². The molecule has 432 valence electrons. The number of hydrogen-bond donors (Lipinski definition) is 0. The largest absolute Gasteiger partial charge is 0.462 e. The summed E-state index contributed by atoms with van der Waals surface area (Å²) in [4.78, 5) is 38.3. The van der Waals surface area contributed by atoms with E-state index < -0.39 is 6.10 Å². The third-order valence-electron chi connectivity index (χ3n) is 13.2. The molecule has 1 atom stereocenters. The zero-order chi connectivity index (χ0) is 55.0. The average molecular weight is 1050 g/mol. The summed E-state index contributed by atoms with van der Waals surface area (Å²) in [6, 6.07) is 0. The van der Waals surface area contributed by atoms with E-state index in [2.05, 4.69) is 142 Å². The van der Waals surface area contributed by atoms with Gasteiger partial charge in [-0.2, -0.15) is 0 Å². The number of ether oxygens (including phenoxy) is 3. The highest BCUT2D eigenvalue weighted by atomic mass is 16.6. The molecule has 76 heavy (non-hydrogen) atoms. The first-order chi connectivity index (χ1) is 37.5. The lowest BCUT2D eigenvalue weighted by atomic mass is 10.1. The van der Waals surface area contributed by atoms with Gasteiger partial charge in [-0.15, -0.1) is 0 Å². The topological polar surface area (TPSA) is 78.9 Å². The Morgan fingerprint density at radius 1 is 0.276 bits per heavy atom. The number of allylic oxidation sites excluding steroid dienone is 20. The molecule has 0 aromatic heterocycles. The molecule has 0 aliphatic rings. The van der Waals surface area contributed by atoms with Crippen molar-refractivity contribution in [2.24, 2.45) is 0 Å². The summed E-state index contributed by atoms with van der Waals surface area (Å²) in [6.07, 6.45) is 87.7. The second-order valence-electron chi connectivity index (χ2n) is 20.5. The van der Waals surface area contributed by atoms with Crippen LogP contribution in [-0.2, 0) is 28.6 Å². The minimum absolute atomic E-state index is 0.102. The number of carbonyl (C=O) groups excluding carboxylic acids is 3. The smallest absolute Gasteiger partial charge is 0.306 e. The normalized spacial score (nSPS) is 12.9. The minimum Gasteiger partial charge on any atom is -0.462 e. The molecule has 0 rings (SSSR count). The van der Waals surface area contributed by atoms with Gasteiger partial charge in [-0.3, -0.25) is 14.4 Å². The fourth-order valence-electron chi connectivity index (χ4n) is 8.52. The van der Waals surface area contributed by atoms with Crippen molar-refractivity contribution >= 4 is 17.9 Å². The molecule has 6 nitrogen and oxygen atoms in total. The summed E-state index contributed by atoms with van der Waals surface area (Å²) < 4.78 is 16.9. The van der Waals surface area contributed by atoms with Crippen molar-refractivity contribution < 1.29 is 28.6 Å². The standard InChI is InChI=1S/C70H116O6/c1-4-7-10-13-16-19-22-25-28-31-33-34-35-36-37-40-42-45-48-51-54-57-60-63-69(72)75-66-67(65-74-68(71)62-59-56-53-50-47-44-41-38-30-27-24-21-18-15-12-9-6-3)76-70(73)64-61-58-55-52-49-46-43-39-32-29-26-23-20-17-14-11-8-5-2/h7,9-10,12,16,18-19,21,25,27-30,32-34,41,44,50,53,67H,4-6,8,11,13-15,17,20,22-24,26,31,35-40,42-43,45-49,51-52,54-66H2,1-3H3/b10-7-,12-9-,19-16-,21-18-,28-25-,30-27-,32-29-,34-33-,44-41-,53-50-. The highest BCUT2D eigenvalue weighted by Gasteiger charge is 2.19. The second kappa shape index (κ2) is 63.3. The van der Waals surface area contributed by atoms with E-state index >= 15 is 0 Å². The maximum absolute atomic E-state index is 12.9. The Morgan fingerprint density at radius 3 is 0.868 bits per heavy atom. The van der Waals surface area contributed by atoms with Crippen molar-refractivity contribution in [2.75, 3.05) is 13.2 Å². The van der Waals surface area contributed by atoms with E-state index in [1.165, 1.54) is 135 Å². The number of esters is 3. The van der Waals surface area contributed by atoms with E-state index in [9.17, 15) is 14.4 Å². The van der Waals surface area contributed by atoms with Crippen LogP contribution in [0.2, 0.25) is 0 Å². The number of hydrogen-bond acceptors (Lipinski definition) is 6. The maximum atomic E-state index is 12.9. The van der Waals surface area contributed by atoms with Gasteiger partial charge in [0, 0.05) is 19.3 Å². The van der Waals surface area contributed by atoms with Gasteiger partial charge in [0.2, 0.25) is 0 Å². The highest BCUT2D eigenvalue weighted by molar-refractivity contribution is 5.71. The van der Waals surface area contributed by atoms with Gasteiger partial charge in [0.1, 0.15) is 13.2 Å². The molecule has 0 saturated carbocycles. The fraction of sp³-hybridized carbons (Fsp3) is 0.671. The SMILES string of the molecule is CC/C=C\C/C=C\C/C=C\C/C=C\C/C=C\CCCC(=O)OCC(COC(=O)CCCCCCCCCCCC/C=C\C/C=C\C/C=C\C/C=C\CC)OC(=O)CCCCCCCCC/C=C\CCCCCCCCC. The third kappa shape index (κ3) is 60.7. The first kappa shape index (κ1) is 71.8. The quantitative estimate of drug-likeness (QED) is 0.0261. The highest BCUT2D eigenvalue weighted by Crippen LogP contribution is 2.15. The molecule has 0 saturated heterocycles. The van der Waals surface area contributed by atoms with Crippen LogP contribution in [0.4, 0.5) is 0 Å². The zero-order valence-corrected chi connectivity index (χ0v) is 49.5. The van der Waals surface area contributed by atoms with Gasteiger partial charge in [-0.1, -0.05) is 264 Å². The molecule has 0 aliphatic carbocycles. The molecular formula is C70H116O6. The Bertz CT molecular complexity index is 1590. The first-order valence-corrected chi connectivity index (χ1v) is 31.5.